The van der Waals surface area contributed by atoms with Crippen molar-refractivity contribution in [2.45, 2.75) is 39.5 Å². The van der Waals surface area contributed by atoms with Crippen LogP contribution in [0.5, 0.6) is 0 Å². The Morgan fingerprint density at radius 3 is 2.39 bits per heavy atom. The van der Waals surface area contributed by atoms with Crippen LogP contribution in [-0.4, -0.2) is 10.7 Å². The highest BCUT2D eigenvalue weighted by Crippen LogP contribution is 2.37. The molecule has 0 N–H and O–H groups in total. The second kappa shape index (κ2) is 10.6. The first-order valence-corrected chi connectivity index (χ1v) is 11.8. The molecule has 2 heterocycles. The SMILES string of the molecule is CCCC1=N/C=C(C(c2cccnc2)c2cccc(C)c2)/C=C(C)/C(Cl)=C\1c1ccccc1. The normalized spacial score (nSPS) is 22.1. The second-order valence-corrected chi connectivity index (χ2v) is 8.85. The Labute approximate surface area is 202 Å². The fraction of sp³-hybridized carbons (Fsp3) is 0.200. The predicted molar refractivity (Wildman–Crippen MR) is 141 cm³/mol. The zero-order chi connectivity index (χ0) is 23.2. The third-order valence-corrected chi connectivity index (χ3v) is 6.37. The summed E-state index contributed by atoms with van der Waals surface area (Å²) in [7, 11) is 0. The maximum absolute atomic E-state index is 7.05. The number of rotatable bonds is 6. The molecule has 2 nitrogen and oxygen atoms in total. The smallest absolute Gasteiger partial charge is 0.0532 e. The van der Waals surface area contributed by atoms with E-state index in [-0.39, 0.29) is 5.92 Å². The third kappa shape index (κ3) is 5.23. The number of aromatic nitrogens is 1. The van der Waals surface area contributed by atoms with E-state index >= 15 is 0 Å². The van der Waals surface area contributed by atoms with Crippen molar-refractivity contribution in [3.05, 3.63) is 130 Å². The fourth-order valence-corrected chi connectivity index (χ4v) is 4.62. The summed E-state index contributed by atoms with van der Waals surface area (Å²) in [5, 5.41) is 0.758. The molecular weight excluding hydrogens is 424 g/mol. The van der Waals surface area contributed by atoms with Crippen LogP contribution >= 0.6 is 11.6 Å². The molecule has 166 valence electrons. The van der Waals surface area contributed by atoms with Crippen LogP contribution in [0.1, 0.15) is 54.9 Å². The number of pyridine rings is 1. The Bertz CT molecular complexity index is 1230. The summed E-state index contributed by atoms with van der Waals surface area (Å²) in [6.45, 7) is 6.39. The van der Waals surface area contributed by atoms with Crippen LogP contribution in [0.3, 0.4) is 0 Å². The van der Waals surface area contributed by atoms with E-state index < -0.39 is 0 Å². The van der Waals surface area contributed by atoms with Crippen LogP contribution in [0.4, 0.5) is 0 Å². The molecule has 2 aromatic carbocycles. The minimum atomic E-state index is 0.0166. The van der Waals surface area contributed by atoms with Gasteiger partial charge in [0.15, 0.2) is 0 Å². The average molecular weight is 453 g/mol. The van der Waals surface area contributed by atoms with E-state index in [9.17, 15) is 0 Å². The average Bonchev–Trinajstić information content (AvgIpc) is 2.83. The Balaban J connectivity index is 1.90. The molecule has 1 aromatic heterocycles. The lowest BCUT2D eigenvalue weighted by atomic mass is 9.84. The van der Waals surface area contributed by atoms with E-state index in [0.29, 0.717) is 0 Å². The van der Waals surface area contributed by atoms with Crippen molar-refractivity contribution in [3.63, 3.8) is 0 Å². The van der Waals surface area contributed by atoms with Gasteiger partial charge in [0.2, 0.25) is 0 Å². The van der Waals surface area contributed by atoms with Crippen LogP contribution < -0.4 is 0 Å². The molecule has 1 unspecified atom stereocenters. The van der Waals surface area contributed by atoms with Gasteiger partial charge in [0.1, 0.15) is 0 Å². The monoisotopic (exact) mass is 452 g/mol. The Kier molecular flexibility index (Phi) is 7.36. The standard InChI is InChI=1S/C30H29ClN2/c1-4-10-27-29(23-12-6-5-7-13-23)30(31)22(3)18-26(20-33-27)28(25-15-9-16-32-19-25)24-14-8-11-21(2)17-24/h5-9,11-20,28H,4,10H2,1-3H3/b22-18+,26-18?,26-20-,29-27?,30-22?,30-29+,33-20?,33-27-. The van der Waals surface area contributed by atoms with Crippen molar-refractivity contribution in [1.82, 2.24) is 4.98 Å². The van der Waals surface area contributed by atoms with Gasteiger partial charge in [-0.2, -0.15) is 0 Å². The van der Waals surface area contributed by atoms with Crippen molar-refractivity contribution < 1.29 is 0 Å². The first-order valence-electron chi connectivity index (χ1n) is 11.5. The van der Waals surface area contributed by atoms with Gasteiger partial charge in [-0.1, -0.05) is 97.2 Å². The van der Waals surface area contributed by atoms with Crippen molar-refractivity contribution >= 4 is 22.9 Å². The zero-order valence-electron chi connectivity index (χ0n) is 19.4. The molecule has 3 heteroatoms. The maximum atomic E-state index is 7.05. The van der Waals surface area contributed by atoms with Crippen LogP contribution in [-0.2, 0) is 0 Å². The van der Waals surface area contributed by atoms with E-state index in [4.69, 9.17) is 16.6 Å². The van der Waals surface area contributed by atoms with E-state index in [1.165, 1.54) is 11.1 Å². The van der Waals surface area contributed by atoms with E-state index in [1.54, 1.807) is 0 Å². The summed E-state index contributed by atoms with van der Waals surface area (Å²) in [5.74, 6) is 0.0166. The number of aryl methyl sites for hydroxylation is 1. The summed E-state index contributed by atoms with van der Waals surface area (Å²) in [6.07, 6.45) is 9.82. The number of benzene rings is 2. The van der Waals surface area contributed by atoms with Crippen molar-refractivity contribution in [3.8, 4) is 0 Å². The van der Waals surface area contributed by atoms with Gasteiger partial charge >= 0.3 is 0 Å². The van der Waals surface area contributed by atoms with Crippen molar-refractivity contribution in [2.75, 3.05) is 0 Å². The summed E-state index contributed by atoms with van der Waals surface area (Å²) in [6, 6.07) is 23.1. The van der Waals surface area contributed by atoms with Gasteiger partial charge in [-0.3, -0.25) is 9.98 Å². The minimum Gasteiger partial charge on any atom is -0.264 e. The van der Waals surface area contributed by atoms with Crippen LogP contribution in [0.25, 0.3) is 5.57 Å². The Hall–Kier alpha value is -3.23. The number of hydrogen-bond donors (Lipinski definition) is 0. The molecule has 0 saturated carbocycles. The van der Waals surface area contributed by atoms with Gasteiger partial charge in [0, 0.05) is 35.8 Å². The van der Waals surface area contributed by atoms with Gasteiger partial charge in [-0.05, 0) is 54.2 Å². The molecule has 4 rings (SSSR count). The van der Waals surface area contributed by atoms with E-state index in [2.05, 4.69) is 74.3 Å². The van der Waals surface area contributed by atoms with E-state index in [0.717, 1.165) is 51.4 Å². The lowest BCUT2D eigenvalue weighted by molar-refractivity contribution is 0.949. The topological polar surface area (TPSA) is 25.2 Å². The van der Waals surface area contributed by atoms with Gasteiger partial charge in [-0.15, -0.1) is 0 Å². The lowest BCUT2D eigenvalue weighted by Crippen LogP contribution is -2.09. The van der Waals surface area contributed by atoms with Crippen LogP contribution in [0.15, 0.2) is 113 Å². The summed E-state index contributed by atoms with van der Waals surface area (Å²) in [5.41, 5.74) is 8.86. The molecule has 0 aliphatic carbocycles. The largest absolute Gasteiger partial charge is 0.264 e. The highest BCUT2D eigenvalue weighted by atomic mass is 35.5. The Morgan fingerprint density at radius 1 is 0.909 bits per heavy atom. The number of hydrogen-bond acceptors (Lipinski definition) is 2. The molecule has 3 aromatic rings. The lowest BCUT2D eigenvalue weighted by Gasteiger charge is -2.22. The number of halogens is 1. The molecule has 1 aliphatic rings. The summed E-state index contributed by atoms with van der Waals surface area (Å²) in [4.78, 5) is 9.44. The quantitative estimate of drug-likeness (QED) is 0.369. The summed E-state index contributed by atoms with van der Waals surface area (Å²) < 4.78 is 0. The Morgan fingerprint density at radius 2 is 1.70 bits per heavy atom. The molecule has 0 saturated heterocycles. The first-order chi connectivity index (χ1) is 16.1. The zero-order valence-corrected chi connectivity index (χ0v) is 20.2. The van der Waals surface area contributed by atoms with Gasteiger partial charge < -0.3 is 0 Å². The van der Waals surface area contributed by atoms with Crippen LogP contribution in [0, 0.1) is 6.92 Å². The molecule has 1 aliphatic heterocycles. The first kappa shape index (κ1) is 22.9. The molecule has 0 radical (unpaired) electrons. The third-order valence-electron chi connectivity index (χ3n) is 5.88. The van der Waals surface area contributed by atoms with Gasteiger partial charge in [-0.25, -0.2) is 0 Å². The molecular formula is C30H29ClN2. The van der Waals surface area contributed by atoms with Crippen molar-refractivity contribution in [2.24, 2.45) is 4.99 Å². The molecule has 0 bridgehead atoms. The molecule has 0 amide bonds. The fourth-order valence-electron chi connectivity index (χ4n) is 4.35. The highest BCUT2D eigenvalue weighted by molar-refractivity contribution is 6.42. The van der Waals surface area contributed by atoms with E-state index in [1.807, 2.05) is 42.9 Å². The number of allylic oxidation sites excluding steroid dienone is 5. The highest BCUT2D eigenvalue weighted by Gasteiger charge is 2.22. The molecule has 1 atom stereocenters. The second-order valence-electron chi connectivity index (χ2n) is 8.47. The van der Waals surface area contributed by atoms with Gasteiger partial charge in [0.25, 0.3) is 0 Å². The molecule has 0 spiro atoms. The minimum absolute atomic E-state index is 0.0166. The van der Waals surface area contributed by atoms with Gasteiger partial charge in [0.05, 0.1) is 5.03 Å². The van der Waals surface area contributed by atoms with Crippen molar-refractivity contribution in [1.29, 1.82) is 0 Å². The predicted octanol–water partition coefficient (Wildman–Crippen LogP) is 8.26. The summed E-state index contributed by atoms with van der Waals surface area (Å²) >= 11 is 7.05. The number of aliphatic imine (C=N–C) groups is 1. The number of nitrogens with zero attached hydrogens (tertiary/aromatic N) is 2. The maximum Gasteiger partial charge on any atom is 0.0532 e. The molecule has 0 fully saturated rings. The molecule has 33 heavy (non-hydrogen) atoms. The van der Waals surface area contributed by atoms with Crippen LogP contribution in [0.2, 0.25) is 0 Å².